The van der Waals surface area contributed by atoms with Crippen LogP contribution in [0, 0.1) is 0 Å². The third-order valence-electron chi connectivity index (χ3n) is 3.67. The van der Waals surface area contributed by atoms with Crippen molar-refractivity contribution in [2.75, 3.05) is 16.0 Å². The number of hydrogen-bond acceptors (Lipinski definition) is 2. The zero-order valence-electron chi connectivity index (χ0n) is 14.1. The molecule has 3 rings (SSSR count). The Labute approximate surface area is 152 Å². The van der Waals surface area contributed by atoms with E-state index in [0.29, 0.717) is 17.8 Å². The molecule has 26 heavy (non-hydrogen) atoms. The highest BCUT2D eigenvalue weighted by Gasteiger charge is 2.05. The zero-order valence-corrected chi connectivity index (χ0v) is 14.1. The number of anilines is 3. The van der Waals surface area contributed by atoms with Crippen molar-refractivity contribution in [2.24, 2.45) is 0 Å². The van der Waals surface area contributed by atoms with E-state index in [1.807, 2.05) is 60.7 Å². The maximum Gasteiger partial charge on any atom is 0.323 e. The molecule has 0 heterocycles. The minimum atomic E-state index is -0.322. The average molecular weight is 345 g/mol. The molecular weight excluding hydrogens is 326 g/mol. The van der Waals surface area contributed by atoms with Gasteiger partial charge in [0.15, 0.2) is 0 Å². The van der Waals surface area contributed by atoms with Crippen molar-refractivity contribution in [1.29, 1.82) is 0 Å². The van der Waals surface area contributed by atoms with Gasteiger partial charge in [-0.05, 0) is 42.0 Å². The molecule has 0 aliphatic rings. The molecule has 0 spiro atoms. The Balaban J connectivity index is 1.51. The standard InChI is InChI=1S/C21H19N3O2/c25-20(15-16-7-3-1-4-8-16)22-18-11-13-19(14-12-18)24-21(26)23-17-9-5-2-6-10-17/h1-14H,15H2,(H,22,25)(H2,23,24,26). The Bertz CT molecular complexity index is 788. The summed E-state index contributed by atoms with van der Waals surface area (Å²) in [5.74, 6) is -0.0845. The van der Waals surface area contributed by atoms with Gasteiger partial charge in [0.1, 0.15) is 0 Å². The molecule has 130 valence electrons. The summed E-state index contributed by atoms with van der Waals surface area (Å²) in [6, 6.07) is 25.4. The van der Waals surface area contributed by atoms with Crippen LogP contribution < -0.4 is 16.0 Å². The summed E-state index contributed by atoms with van der Waals surface area (Å²) in [5, 5.41) is 8.34. The lowest BCUT2D eigenvalue weighted by molar-refractivity contribution is -0.115. The number of benzene rings is 3. The van der Waals surface area contributed by atoms with Crippen LogP contribution in [0.3, 0.4) is 0 Å². The van der Waals surface area contributed by atoms with E-state index in [1.54, 1.807) is 24.3 Å². The maximum atomic E-state index is 12.1. The molecule has 3 amide bonds. The molecule has 5 heteroatoms. The second-order valence-corrected chi connectivity index (χ2v) is 5.73. The van der Waals surface area contributed by atoms with Crippen LogP contribution >= 0.6 is 0 Å². The van der Waals surface area contributed by atoms with Crippen LogP contribution in [0.4, 0.5) is 21.9 Å². The topological polar surface area (TPSA) is 70.2 Å². The molecule has 0 aliphatic heterocycles. The van der Waals surface area contributed by atoms with Crippen LogP contribution in [0.25, 0.3) is 0 Å². The van der Waals surface area contributed by atoms with E-state index in [9.17, 15) is 9.59 Å². The zero-order chi connectivity index (χ0) is 18.2. The summed E-state index contributed by atoms with van der Waals surface area (Å²) < 4.78 is 0. The first-order chi connectivity index (χ1) is 12.7. The van der Waals surface area contributed by atoms with Crippen LogP contribution in [-0.2, 0) is 11.2 Å². The quantitative estimate of drug-likeness (QED) is 0.637. The molecule has 3 aromatic rings. The highest BCUT2D eigenvalue weighted by Crippen LogP contribution is 2.15. The summed E-state index contributed by atoms with van der Waals surface area (Å²) in [6.07, 6.45) is 0.320. The number of carbonyl (C=O) groups is 2. The van der Waals surface area contributed by atoms with Gasteiger partial charge >= 0.3 is 6.03 Å². The summed E-state index contributed by atoms with van der Waals surface area (Å²) >= 11 is 0. The molecule has 0 aliphatic carbocycles. The minimum Gasteiger partial charge on any atom is -0.326 e. The van der Waals surface area contributed by atoms with Crippen molar-refractivity contribution < 1.29 is 9.59 Å². The van der Waals surface area contributed by atoms with Crippen LogP contribution in [0.2, 0.25) is 0 Å². The number of nitrogens with one attached hydrogen (secondary N) is 3. The van der Waals surface area contributed by atoms with Gasteiger partial charge in [0.2, 0.25) is 5.91 Å². The predicted octanol–water partition coefficient (Wildman–Crippen LogP) is 4.51. The van der Waals surface area contributed by atoms with Crippen molar-refractivity contribution in [3.8, 4) is 0 Å². The molecule has 3 aromatic carbocycles. The Morgan fingerprint density at radius 2 is 1.04 bits per heavy atom. The van der Waals surface area contributed by atoms with Gasteiger partial charge in [-0.1, -0.05) is 48.5 Å². The van der Waals surface area contributed by atoms with E-state index in [2.05, 4.69) is 16.0 Å². The first-order valence-electron chi connectivity index (χ1n) is 8.26. The SMILES string of the molecule is O=C(Cc1ccccc1)Nc1ccc(NC(=O)Nc2ccccc2)cc1. The van der Waals surface area contributed by atoms with Crippen molar-refractivity contribution in [3.63, 3.8) is 0 Å². The van der Waals surface area contributed by atoms with Crippen LogP contribution in [-0.4, -0.2) is 11.9 Å². The molecule has 0 radical (unpaired) electrons. The first kappa shape index (κ1) is 17.2. The molecule has 0 aromatic heterocycles. The Hall–Kier alpha value is -3.60. The second-order valence-electron chi connectivity index (χ2n) is 5.73. The number of amides is 3. The maximum absolute atomic E-state index is 12.1. The summed E-state index contributed by atoms with van der Waals surface area (Å²) in [5.41, 5.74) is 3.00. The highest BCUT2D eigenvalue weighted by atomic mass is 16.2. The lowest BCUT2D eigenvalue weighted by Crippen LogP contribution is -2.19. The molecule has 0 atom stereocenters. The largest absolute Gasteiger partial charge is 0.326 e. The molecule has 5 nitrogen and oxygen atoms in total. The van der Waals surface area contributed by atoms with Crippen LogP contribution in [0.15, 0.2) is 84.9 Å². The second kappa shape index (κ2) is 8.48. The third-order valence-corrected chi connectivity index (χ3v) is 3.67. The van der Waals surface area contributed by atoms with E-state index < -0.39 is 0 Å². The van der Waals surface area contributed by atoms with Gasteiger partial charge in [-0.25, -0.2) is 4.79 Å². The molecule has 0 bridgehead atoms. The Morgan fingerprint density at radius 1 is 0.577 bits per heavy atom. The molecule has 0 saturated heterocycles. The molecule has 0 fully saturated rings. The predicted molar refractivity (Wildman–Crippen MR) is 104 cm³/mol. The lowest BCUT2D eigenvalue weighted by Gasteiger charge is -2.09. The Kier molecular flexibility index (Phi) is 5.62. The Morgan fingerprint density at radius 3 is 1.62 bits per heavy atom. The fourth-order valence-electron chi connectivity index (χ4n) is 2.44. The summed E-state index contributed by atoms with van der Waals surface area (Å²) in [7, 11) is 0. The van der Waals surface area contributed by atoms with Gasteiger partial charge in [-0.2, -0.15) is 0 Å². The van der Waals surface area contributed by atoms with E-state index in [1.165, 1.54) is 0 Å². The fourth-order valence-corrected chi connectivity index (χ4v) is 2.44. The van der Waals surface area contributed by atoms with Crippen LogP contribution in [0.1, 0.15) is 5.56 Å². The number of rotatable bonds is 5. The summed E-state index contributed by atoms with van der Waals surface area (Å²) in [6.45, 7) is 0. The number of urea groups is 1. The minimum absolute atomic E-state index is 0.0845. The van der Waals surface area contributed by atoms with Gasteiger partial charge in [0.25, 0.3) is 0 Å². The first-order valence-corrected chi connectivity index (χ1v) is 8.26. The highest BCUT2D eigenvalue weighted by molar-refractivity contribution is 6.00. The average Bonchev–Trinajstić information content (AvgIpc) is 2.65. The smallest absolute Gasteiger partial charge is 0.323 e. The number of hydrogen-bond donors (Lipinski definition) is 3. The van der Waals surface area contributed by atoms with Gasteiger partial charge in [-0.3, -0.25) is 4.79 Å². The molecular formula is C21H19N3O2. The third kappa shape index (κ3) is 5.21. The van der Waals surface area contributed by atoms with Crippen LogP contribution in [0.5, 0.6) is 0 Å². The van der Waals surface area contributed by atoms with Gasteiger partial charge < -0.3 is 16.0 Å². The van der Waals surface area contributed by atoms with Gasteiger partial charge in [0.05, 0.1) is 6.42 Å². The number of para-hydroxylation sites is 1. The molecule has 0 saturated carbocycles. The monoisotopic (exact) mass is 345 g/mol. The van der Waals surface area contributed by atoms with E-state index in [4.69, 9.17) is 0 Å². The fraction of sp³-hybridized carbons (Fsp3) is 0.0476. The summed E-state index contributed by atoms with van der Waals surface area (Å²) in [4.78, 5) is 24.0. The van der Waals surface area contributed by atoms with Crippen molar-refractivity contribution >= 4 is 29.0 Å². The van der Waals surface area contributed by atoms with Crippen molar-refractivity contribution in [2.45, 2.75) is 6.42 Å². The molecule has 0 unspecified atom stereocenters. The lowest BCUT2D eigenvalue weighted by atomic mass is 10.1. The van der Waals surface area contributed by atoms with E-state index in [-0.39, 0.29) is 11.9 Å². The number of carbonyl (C=O) groups excluding carboxylic acids is 2. The van der Waals surface area contributed by atoms with Crippen molar-refractivity contribution in [3.05, 3.63) is 90.5 Å². The molecule has 3 N–H and O–H groups in total. The van der Waals surface area contributed by atoms with Crippen molar-refractivity contribution in [1.82, 2.24) is 0 Å². The van der Waals surface area contributed by atoms with Gasteiger partial charge in [0, 0.05) is 17.1 Å². The normalized spacial score (nSPS) is 10.0. The van der Waals surface area contributed by atoms with Gasteiger partial charge in [-0.15, -0.1) is 0 Å². The van der Waals surface area contributed by atoms with E-state index >= 15 is 0 Å². The van der Waals surface area contributed by atoms with E-state index in [0.717, 1.165) is 11.3 Å².